The first-order valence-electron chi connectivity index (χ1n) is 7.99. The molecule has 1 saturated heterocycles. The fourth-order valence-electron chi connectivity index (χ4n) is 2.51. The standard InChI is InChI=1S/C18H21N3O2S/c1-14-4-2-3-5-16(14)24-13-18(22)20-17-7-6-15(12-19-17)21-8-10-23-11-9-21/h2-7,12H,8-11,13H2,1H3,(H,19,20,22). The van der Waals surface area contributed by atoms with E-state index in [1.165, 1.54) is 17.3 Å². The number of hydrogen-bond acceptors (Lipinski definition) is 5. The SMILES string of the molecule is Cc1ccccc1SCC(=O)Nc1ccc(N2CCOCC2)cn1. The number of pyridine rings is 1. The lowest BCUT2D eigenvalue weighted by Gasteiger charge is -2.28. The van der Waals surface area contributed by atoms with E-state index in [-0.39, 0.29) is 5.91 Å². The van der Waals surface area contributed by atoms with Gasteiger partial charge in [-0.3, -0.25) is 4.79 Å². The predicted octanol–water partition coefficient (Wildman–Crippen LogP) is 2.96. The van der Waals surface area contributed by atoms with Crippen LogP contribution in [-0.2, 0) is 9.53 Å². The third-order valence-corrected chi connectivity index (χ3v) is 5.02. The molecule has 1 amide bonds. The number of nitrogens with zero attached hydrogens (tertiary/aromatic N) is 2. The topological polar surface area (TPSA) is 54.5 Å². The molecule has 2 aromatic rings. The van der Waals surface area contributed by atoms with E-state index < -0.39 is 0 Å². The number of morpholine rings is 1. The van der Waals surface area contributed by atoms with Crippen molar-refractivity contribution in [1.29, 1.82) is 0 Å². The van der Waals surface area contributed by atoms with Crippen LogP contribution in [0, 0.1) is 6.92 Å². The lowest BCUT2D eigenvalue weighted by molar-refractivity contribution is -0.113. The Morgan fingerprint density at radius 1 is 1.25 bits per heavy atom. The van der Waals surface area contributed by atoms with Crippen LogP contribution in [0.3, 0.4) is 0 Å². The van der Waals surface area contributed by atoms with E-state index in [0.29, 0.717) is 11.6 Å². The average molecular weight is 343 g/mol. The molecule has 24 heavy (non-hydrogen) atoms. The lowest BCUT2D eigenvalue weighted by atomic mass is 10.2. The van der Waals surface area contributed by atoms with Crippen molar-refractivity contribution in [2.75, 3.05) is 42.3 Å². The highest BCUT2D eigenvalue weighted by Crippen LogP contribution is 2.22. The van der Waals surface area contributed by atoms with E-state index in [9.17, 15) is 4.79 Å². The minimum Gasteiger partial charge on any atom is -0.378 e. The van der Waals surface area contributed by atoms with Gasteiger partial charge >= 0.3 is 0 Å². The van der Waals surface area contributed by atoms with Gasteiger partial charge in [-0.15, -0.1) is 11.8 Å². The predicted molar refractivity (Wildman–Crippen MR) is 97.8 cm³/mol. The first-order valence-corrected chi connectivity index (χ1v) is 8.98. The van der Waals surface area contributed by atoms with Crippen molar-refractivity contribution in [2.45, 2.75) is 11.8 Å². The number of anilines is 2. The molecule has 1 aromatic heterocycles. The summed E-state index contributed by atoms with van der Waals surface area (Å²) in [5.41, 5.74) is 2.24. The normalized spacial score (nSPS) is 14.5. The lowest BCUT2D eigenvalue weighted by Crippen LogP contribution is -2.36. The number of carbonyl (C=O) groups excluding carboxylic acids is 1. The Morgan fingerprint density at radius 2 is 2.04 bits per heavy atom. The maximum atomic E-state index is 12.1. The second-order valence-electron chi connectivity index (χ2n) is 5.60. The molecule has 5 nitrogen and oxygen atoms in total. The fraction of sp³-hybridized carbons (Fsp3) is 0.333. The number of rotatable bonds is 5. The Kier molecular flexibility index (Phi) is 5.72. The Morgan fingerprint density at radius 3 is 2.75 bits per heavy atom. The molecule has 0 unspecified atom stereocenters. The van der Waals surface area contributed by atoms with Gasteiger partial charge in [0.25, 0.3) is 0 Å². The summed E-state index contributed by atoms with van der Waals surface area (Å²) in [5, 5.41) is 2.85. The van der Waals surface area contributed by atoms with Crippen molar-refractivity contribution in [1.82, 2.24) is 4.98 Å². The Balaban J connectivity index is 1.52. The number of thioether (sulfide) groups is 1. The van der Waals surface area contributed by atoms with Gasteiger partial charge < -0.3 is 15.0 Å². The molecule has 2 heterocycles. The summed E-state index contributed by atoms with van der Waals surface area (Å²) in [4.78, 5) is 19.8. The number of ether oxygens (including phenoxy) is 1. The summed E-state index contributed by atoms with van der Waals surface area (Å²) in [6, 6.07) is 11.9. The first-order chi connectivity index (χ1) is 11.7. The van der Waals surface area contributed by atoms with Crippen LogP contribution in [0.25, 0.3) is 0 Å². The second kappa shape index (κ2) is 8.17. The van der Waals surface area contributed by atoms with Gasteiger partial charge in [-0.25, -0.2) is 4.98 Å². The first kappa shape index (κ1) is 16.8. The van der Waals surface area contributed by atoms with Gasteiger partial charge in [0.15, 0.2) is 0 Å². The van der Waals surface area contributed by atoms with E-state index in [4.69, 9.17) is 4.74 Å². The molecule has 1 N–H and O–H groups in total. The largest absolute Gasteiger partial charge is 0.378 e. The molecule has 3 rings (SSSR count). The van der Waals surface area contributed by atoms with Crippen LogP contribution < -0.4 is 10.2 Å². The zero-order valence-corrected chi connectivity index (χ0v) is 14.5. The van der Waals surface area contributed by atoms with Crippen molar-refractivity contribution in [2.24, 2.45) is 0 Å². The smallest absolute Gasteiger partial charge is 0.235 e. The van der Waals surface area contributed by atoms with Gasteiger partial charge in [-0.1, -0.05) is 18.2 Å². The summed E-state index contributed by atoms with van der Waals surface area (Å²) >= 11 is 1.54. The Labute approximate surface area is 146 Å². The summed E-state index contributed by atoms with van der Waals surface area (Å²) < 4.78 is 5.35. The molecule has 0 atom stereocenters. The molecule has 0 radical (unpaired) electrons. The summed E-state index contributed by atoms with van der Waals surface area (Å²) in [6.07, 6.45) is 1.80. The maximum absolute atomic E-state index is 12.1. The number of benzene rings is 1. The second-order valence-corrected chi connectivity index (χ2v) is 6.62. The van der Waals surface area contributed by atoms with Gasteiger partial charge in [-0.05, 0) is 30.7 Å². The van der Waals surface area contributed by atoms with E-state index in [1.807, 2.05) is 43.3 Å². The average Bonchev–Trinajstić information content (AvgIpc) is 2.62. The van der Waals surface area contributed by atoms with Gasteiger partial charge in [0.2, 0.25) is 5.91 Å². The quantitative estimate of drug-likeness (QED) is 0.846. The van der Waals surface area contributed by atoms with E-state index in [1.54, 1.807) is 6.20 Å². The van der Waals surface area contributed by atoms with E-state index in [0.717, 1.165) is 36.9 Å². The molecular formula is C18H21N3O2S. The zero-order valence-electron chi connectivity index (χ0n) is 13.7. The monoisotopic (exact) mass is 343 g/mol. The highest BCUT2D eigenvalue weighted by atomic mass is 32.2. The van der Waals surface area contributed by atoms with Crippen LogP contribution >= 0.6 is 11.8 Å². The molecule has 0 spiro atoms. The molecular weight excluding hydrogens is 322 g/mol. The van der Waals surface area contributed by atoms with Gasteiger partial charge in [-0.2, -0.15) is 0 Å². The van der Waals surface area contributed by atoms with Crippen LogP contribution in [0.1, 0.15) is 5.56 Å². The van der Waals surface area contributed by atoms with E-state index >= 15 is 0 Å². The molecule has 126 valence electrons. The molecule has 0 bridgehead atoms. The molecule has 1 aromatic carbocycles. The number of nitrogens with one attached hydrogen (secondary N) is 1. The molecule has 1 aliphatic heterocycles. The van der Waals surface area contributed by atoms with Crippen LogP contribution in [0.4, 0.5) is 11.5 Å². The Hall–Kier alpha value is -2.05. The Bertz CT molecular complexity index is 685. The third-order valence-electron chi connectivity index (χ3n) is 3.84. The van der Waals surface area contributed by atoms with Crippen LogP contribution in [-0.4, -0.2) is 42.9 Å². The van der Waals surface area contributed by atoms with Crippen molar-refractivity contribution < 1.29 is 9.53 Å². The third kappa shape index (κ3) is 4.49. The summed E-state index contributed by atoms with van der Waals surface area (Å²) in [5.74, 6) is 0.912. The van der Waals surface area contributed by atoms with Crippen molar-refractivity contribution in [3.63, 3.8) is 0 Å². The highest BCUT2D eigenvalue weighted by Gasteiger charge is 2.12. The minimum atomic E-state index is -0.0464. The number of aromatic nitrogens is 1. The maximum Gasteiger partial charge on any atom is 0.235 e. The minimum absolute atomic E-state index is 0.0464. The zero-order chi connectivity index (χ0) is 16.8. The number of hydrogen-bond donors (Lipinski definition) is 1. The molecule has 1 fully saturated rings. The number of amides is 1. The number of aryl methyl sites for hydroxylation is 1. The van der Waals surface area contributed by atoms with Crippen molar-refractivity contribution in [3.8, 4) is 0 Å². The van der Waals surface area contributed by atoms with E-state index in [2.05, 4.69) is 15.2 Å². The molecule has 0 aliphatic carbocycles. The summed E-state index contributed by atoms with van der Waals surface area (Å²) in [6.45, 7) is 5.29. The van der Waals surface area contributed by atoms with Crippen LogP contribution in [0.5, 0.6) is 0 Å². The molecule has 0 saturated carbocycles. The van der Waals surface area contributed by atoms with Gasteiger partial charge in [0.1, 0.15) is 5.82 Å². The van der Waals surface area contributed by atoms with Gasteiger partial charge in [0, 0.05) is 18.0 Å². The van der Waals surface area contributed by atoms with Gasteiger partial charge in [0.05, 0.1) is 30.9 Å². The van der Waals surface area contributed by atoms with Crippen molar-refractivity contribution >= 4 is 29.2 Å². The van der Waals surface area contributed by atoms with Crippen LogP contribution in [0.15, 0.2) is 47.5 Å². The summed E-state index contributed by atoms with van der Waals surface area (Å²) in [7, 11) is 0. The highest BCUT2D eigenvalue weighted by molar-refractivity contribution is 8.00. The number of carbonyl (C=O) groups is 1. The van der Waals surface area contributed by atoms with Crippen LogP contribution in [0.2, 0.25) is 0 Å². The van der Waals surface area contributed by atoms with Crippen molar-refractivity contribution in [3.05, 3.63) is 48.2 Å². The molecule has 1 aliphatic rings. The fourth-order valence-corrected chi connectivity index (χ4v) is 3.34. The molecule has 6 heteroatoms.